The summed E-state index contributed by atoms with van der Waals surface area (Å²) >= 11 is 0. The molecule has 9 heavy (non-hydrogen) atoms. The van der Waals surface area contributed by atoms with Crippen LogP contribution in [0.15, 0.2) is 4.99 Å². The van der Waals surface area contributed by atoms with Gasteiger partial charge in [0, 0.05) is 0 Å². The van der Waals surface area contributed by atoms with Gasteiger partial charge in [0.25, 0.3) is 0 Å². The average molecular weight is 126 g/mol. The molecule has 46 valence electrons. The summed E-state index contributed by atoms with van der Waals surface area (Å²) in [6.07, 6.45) is 0.895. The van der Waals surface area contributed by atoms with E-state index in [1.165, 1.54) is 0 Å². The molecule has 1 heterocycles. The number of nitrogens with one attached hydrogen (secondary N) is 1. The van der Waals surface area contributed by atoms with Crippen molar-refractivity contribution in [1.82, 2.24) is 5.32 Å². The fourth-order valence-electron chi connectivity index (χ4n) is 0.371. The van der Waals surface area contributed by atoms with Crippen LogP contribution in [0.3, 0.4) is 0 Å². The molecule has 0 saturated carbocycles. The zero-order valence-electron chi connectivity index (χ0n) is 4.25. The van der Waals surface area contributed by atoms with Gasteiger partial charge in [-0.2, -0.15) is 4.99 Å². The van der Waals surface area contributed by atoms with Crippen LogP contribution in [0.4, 0.5) is 0 Å². The van der Waals surface area contributed by atoms with Crippen molar-refractivity contribution >= 4 is 23.9 Å². The number of hydrogen-bond acceptors (Lipinski definition) is 3. The van der Waals surface area contributed by atoms with E-state index in [2.05, 4.69) is 4.99 Å². The van der Waals surface area contributed by atoms with E-state index in [0.717, 1.165) is 6.34 Å². The third-order valence-electron chi connectivity index (χ3n) is 0.778. The van der Waals surface area contributed by atoms with Gasteiger partial charge in [-0.25, -0.2) is 0 Å². The predicted molar refractivity (Wildman–Crippen MR) is 26.6 cm³/mol. The van der Waals surface area contributed by atoms with E-state index in [1.54, 1.807) is 0 Å². The van der Waals surface area contributed by atoms with Crippen molar-refractivity contribution in [2.24, 2.45) is 4.99 Å². The molecule has 1 N–H and O–H groups in total. The zero-order valence-corrected chi connectivity index (χ0v) is 4.25. The number of carbonyl (C=O) groups excluding carboxylic acids is 3. The molecule has 5 heteroatoms. The van der Waals surface area contributed by atoms with E-state index in [9.17, 15) is 14.4 Å². The van der Waals surface area contributed by atoms with Gasteiger partial charge < -0.3 is 5.32 Å². The fraction of sp³-hybridized carbons (Fsp3) is 0. The third kappa shape index (κ3) is 0.835. The number of carbonyl (C=O) groups is 3. The summed E-state index contributed by atoms with van der Waals surface area (Å²) in [5.74, 6) is -3.05. The van der Waals surface area contributed by atoms with Gasteiger partial charge in [0.15, 0.2) is 0 Å². The van der Waals surface area contributed by atoms with Gasteiger partial charge in [-0.15, -0.1) is 0 Å². The molecule has 0 saturated heterocycles. The van der Waals surface area contributed by atoms with Crippen molar-refractivity contribution in [2.75, 3.05) is 0 Å². The minimum absolute atomic E-state index is 0.895. The Bertz CT molecular complexity index is 218. The number of aliphatic imine (C=N–C) groups is 1. The number of ketones is 1. The molecular formula is C4H2N2O3. The number of rotatable bonds is 0. The summed E-state index contributed by atoms with van der Waals surface area (Å²) in [6.45, 7) is 0. The molecule has 0 unspecified atom stereocenters. The molecule has 0 aromatic rings. The lowest BCUT2D eigenvalue weighted by molar-refractivity contribution is -0.144. The van der Waals surface area contributed by atoms with Crippen LogP contribution in [0.5, 0.6) is 0 Å². The molecule has 0 atom stereocenters. The molecule has 0 spiro atoms. The predicted octanol–water partition coefficient (Wildman–Crippen LogP) is -1.76. The van der Waals surface area contributed by atoms with Crippen LogP contribution in [0.1, 0.15) is 0 Å². The largest absolute Gasteiger partial charge is 0.324 e. The van der Waals surface area contributed by atoms with Crippen molar-refractivity contribution in [1.29, 1.82) is 0 Å². The van der Waals surface area contributed by atoms with Gasteiger partial charge in [-0.1, -0.05) is 0 Å². The normalized spacial score (nSPS) is 18.0. The molecule has 0 aromatic carbocycles. The molecule has 2 amide bonds. The topological polar surface area (TPSA) is 75.6 Å². The maximum absolute atomic E-state index is 10.2. The van der Waals surface area contributed by atoms with Crippen molar-refractivity contribution in [3.05, 3.63) is 0 Å². The highest BCUT2D eigenvalue weighted by molar-refractivity contribution is 6.65. The molecule has 1 aliphatic heterocycles. The second-order valence-electron chi connectivity index (χ2n) is 1.37. The maximum atomic E-state index is 10.2. The highest BCUT2D eigenvalue weighted by Crippen LogP contribution is 1.82. The van der Waals surface area contributed by atoms with Crippen LogP contribution in [0.25, 0.3) is 0 Å². The Kier molecular flexibility index (Phi) is 1.11. The average Bonchev–Trinajstić information content (AvgIpc) is 1.83. The van der Waals surface area contributed by atoms with Crippen molar-refractivity contribution in [3.63, 3.8) is 0 Å². The van der Waals surface area contributed by atoms with Crippen LogP contribution in [-0.4, -0.2) is 23.9 Å². The smallest absolute Gasteiger partial charge is 0.310 e. The maximum Gasteiger partial charge on any atom is 0.324 e. The monoisotopic (exact) mass is 126 g/mol. The van der Waals surface area contributed by atoms with Crippen LogP contribution >= 0.6 is 0 Å². The van der Waals surface area contributed by atoms with Gasteiger partial charge in [-0.3, -0.25) is 14.4 Å². The first-order valence-corrected chi connectivity index (χ1v) is 2.13. The quantitative estimate of drug-likeness (QED) is 0.390. The van der Waals surface area contributed by atoms with Crippen LogP contribution < -0.4 is 5.32 Å². The van der Waals surface area contributed by atoms with E-state index in [-0.39, 0.29) is 0 Å². The lowest BCUT2D eigenvalue weighted by Gasteiger charge is -1.98. The summed E-state index contributed by atoms with van der Waals surface area (Å²) < 4.78 is 0. The van der Waals surface area contributed by atoms with Crippen LogP contribution in [-0.2, 0) is 14.4 Å². The molecule has 0 radical (unpaired) electrons. The highest BCUT2D eigenvalue weighted by Gasteiger charge is 2.23. The first-order chi connectivity index (χ1) is 4.22. The number of Topliss-reactive ketones (excluding diaryl/α,β-unsaturated/α-hetero) is 1. The summed E-state index contributed by atoms with van der Waals surface area (Å²) in [4.78, 5) is 33.7. The molecule has 0 bridgehead atoms. The Morgan fingerprint density at radius 2 is 2.00 bits per heavy atom. The van der Waals surface area contributed by atoms with Crippen molar-refractivity contribution in [3.8, 4) is 0 Å². The van der Waals surface area contributed by atoms with Gasteiger partial charge in [-0.05, 0) is 0 Å². The van der Waals surface area contributed by atoms with Gasteiger partial charge in [0.1, 0.15) is 0 Å². The van der Waals surface area contributed by atoms with E-state index >= 15 is 0 Å². The zero-order chi connectivity index (χ0) is 6.85. The lowest BCUT2D eigenvalue weighted by Crippen LogP contribution is -2.38. The first kappa shape index (κ1) is 5.61. The van der Waals surface area contributed by atoms with Gasteiger partial charge in [0.05, 0.1) is 6.34 Å². The highest BCUT2D eigenvalue weighted by atomic mass is 16.2. The summed E-state index contributed by atoms with van der Waals surface area (Å²) in [6, 6.07) is 0. The number of hydrogen-bond donors (Lipinski definition) is 1. The Balaban J connectivity index is 2.94. The molecule has 1 rings (SSSR count). The van der Waals surface area contributed by atoms with E-state index in [4.69, 9.17) is 0 Å². The third-order valence-corrected chi connectivity index (χ3v) is 0.778. The molecule has 0 fully saturated rings. The summed E-state index contributed by atoms with van der Waals surface area (Å²) in [5, 5.41) is 1.96. The van der Waals surface area contributed by atoms with Crippen LogP contribution in [0.2, 0.25) is 0 Å². The Hall–Kier alpha value is -1.52. The Morgan fingerprint density at radius 3 is 2.44 bits per heavy atom. The molecular weight excluding hydrogens is 124 g/mol. The van der Waals surface area contributed by atoms with Crippen LogP contribution in [0, 0.1) is 0 Å². The summed E-state index contributed by atoms with van der Waals surface area (Å²) in [5.41, 5.74) is 0. The Morgan fingerprint density at radius 1 is 1.33 bits per heavy atom. The van der Waals surface area contributed by atoms with Gasteiger partial charge >= 0.3 is 17.6 Å². The van der Waals surface area contributed by atoms with E-state index in [0.29, 0.717) is 0 Å². The van der Waals surface area contributed by atoms with E-state index in [1.807, 2.05) is 5.32 Å². The van der Waals surface area contributed by atoms with Crippen molar-refractivity contribution in [2.45, 2.75) is 0 Å². The minimum Gasteiger partial charge on any atom is -0.310 e. The van der Waals surface area contributed by atoms with E-state index < -0.39 is 17.6 Å². The summed E-state index contributed by atoms with van der Waals surface area (Å²) in [7, 11) is 0. The fourth-order valence-corrected chi connectivity index (χ4v) is 0.371. The van der Waals surface area contributed by atoms with Gasteiger partial charge in [0.2, 0.25) is 0 Å². The number of amides is 2. The molecule has 0 aromatic heterocycles. The molecule has 1 aliphatic rings. The SMILES string of the molecule is O=C1N=CNC(=O)C1=O. The van der Waals surface area contributed by atoms with Crippen molar-refractivity contribution < 1.29 is 14.4 Å². The Labute approximate surface area is 49.8 Å². The second kappa shape index (κ2) is 1.77. The second-order valence-corrected chi connectivity index (χ2v) is 1.37. The molecule has 5 nitrogen and oxygen atoms in total. The first-order valence-electron chi connectivity index (χ1n) is 2.13. The minimum atomic E-state index is -1.11. The standard InChI is InChI=1S/C4H2N2O3/c7-2-3(8)5-1-6-4(2)9/h1H,(H,5,6,8,9). The number of nitrogens with zero attached hydrogens (tertiary/aromatic N) is 1. The lowest BCUT2D eigenvalue weighted by atomic mass is 10.3. The molecule has 0 aliphatic carbocycles.